The van der Waals surface area contributed by atoms with E-state index in [1.807, 2.05) is 6.07 Å². The van der Waals surface area contributed by atoms with Crippen molar-refractivity contribution in [2.45, 2.75) is 20.8 Å². The molecule has 13 heavy (non-hydrogen) atoms. The van der Waals surface area contributed by atoms with Crippen molar-refractivity contribution in [3.05, 3.63) is 33.9 Å². The van der Waals surface area contributed by atoms with Gasteiger partial charge in [0.25, 0.3) is 0 Å². The number of benzene rings is 1. The smallest absolute Gasteiger partial charge is 0.0997 e. The van der Waals surface area contributed by atoms with Crippen LogP contribution in [0.15, 0.2) is 6.04 Å². The lowest BCUT2D eigenvalue weighted by Crippen LogP contribution is -1.95. The number of rotatable bonds is 0. The summed E-state index contributed by atoms with van der Waals surface area (Å²) in [5.74, 6) is 0. The Morgan fingerprint density at radius 2 is 1.77 bits per heavy atom. The average Bonchev–Trinajstić information content (AvgIpc) is 2.16. The number of nitrogens with zero attached hydrogens (tertiary/aromatic N) is 2. The van der Waals surface area contributed by atoms with Crippen LogP contribution in [0, 0.1) is 43.4 Å². The first kappa shape index (κ1) is 7.83. The minimum Gasteiger partial charge on any atom is -0.192 e. The average molecular weight is 171 g/mol. The first-order valence-electron chi connectivity index (χ1n) is 4.45. The normalized spacial score (nSPS) is 10.1. The van der Waals surface area contributed by atoms with Gasteiger partial charge in [-0.1, -0.05) is 0 Å². The Balaban J connectivity index is 3.78. The summed E-state index contributed by atoms with van der Waals surface area (Å²) < 4.78 is 7.72. The van der Waals surface area contributed by atoms with Gasteiger partial charge in [0.15, 0.2) is 0 Å². The molecule has 0 saturated carbocycles. The third-order valence-electron chi connectivity index (χ3n) is 2.22. The molecule has 0 heterocycles. The van der Waals surface area contributed by atoms with E-state index in [1.165, 1.54) is 0 Å². The molecule has 2 nitrogen and oxygen atoms in total. The molecule has 1 aromatic carbocycles. The van der Waals surface area contributed by atoms with Crippen LogP contribution in [0.3, 0.4) is 0 Å². The Morgan fingerprint density at radius 3 is 2.23 bits per heavy atom. The molecule has 0 saturated heterocycles. The predicted octanol–water partition coefficient (Wildman–Crippen LogP) is 2.36. The second kappa shape index (κ2) is 3.29. The highest BCUT2D eigenvalue weighted by atomic mass is 14.3. The standard InChI is InChI=1S/C11H10N2/c1-7-4-10(5-12)9(3)11(6-13)8(7)2/h4H,1-3H3/i4D. The van der Waals surface area contributed by atoms with E-state index in [2.05, 4.69) is 6.07 Å². The van der Waals surface area contributed by atoms with E-state index in [4.69, 9.17) is 11.9 Å². The quantitative estimate of drug-likeness (QED) is 0.601. The van der Waals surface area contributed by atoms with Crippen LogP contribution in [0.25, 0.3) is 0 Å². The summed E-state index contributed by atoms with van der Waals surface area (Å²) in [7, 11) is 0. The molecule has 1 aromatic rings. The molecule has 0 aliphatic rings. The Morgan fingerprint density at radius 1 is 1.15 bits per heavy atom. The fraction of sp³-hybridized carbons (Fsp3) is 0.273. The Labute approximate surface area is 79.4 Å². The summed E-state index contributed by atoms with van der Waals surface area (Å²) in [6.45, 7) is 5.28. The third-order valence-corrected chi connectivity index (χ3v) is 2.22. The zero-order valence-electron chi connectivity index (χ0n) is 8.89. The molecule has 0 spiro atoms. The van der Waals surface area contributed by atoms with Gasteiger partial charge in [0, 0.05) is 0 Å². The van der Waals surface area contributed by atoms with Crippen molar-refractivity contribution in [3.63, 3.8) is 0 Å². The minimum absolute atomic E-state index is 0.238. The third kappa shape index (κ3) is 1.39. The summed E-state index contributed by atoms with van der Waals surface area (Å²) in [6, 6.07) is 4.28. The second-order valence-corrected chi connectivity index (χ2v) is 2.97. The molecule has 0 amide bonds. The van der Waals surface area contributed by atoms with Crippen molar-refractivity contribution in [2.24, 2.45) is 0 Å². The van der Waals surface area contributed by atoms with E-state index < -0.39 is 0 Å². The first-order valence-corrected chi connectivity index (χ1v) is 3.95. The van der Waals surface area contributed by atoms with Crippen LogP contribution in [0.1, 0.15) is 29.2 Å². The van der Waals surface area contributed by atoms with Gasteiger partial charge in [0.2, 0.25) is 0 Å². The number of hydrogen-bond acceptors (Lipinski definition) is 2. The lowest BCUT2D eigenvalue weighted by Gasteiger charge is -2.07. The van der Waals surface area contributed by atoms with Crippen molar-refractivity contribution in [2.75, 3.05) is 0 Å². The van der Waals surface area contributed by atoms with E-state index in [0.29, 0.717) is 22.3 Å². The van der Waals surface area contributed by atoms with Crippen molar-refractivity contribution in [3.8, 4) is 12.1 Å². The van der Waals surface area contributed by atoms with Crippen molar-refractivity contribution in [1.29, 1.82) is 10.5 Å². The maximum atomic E-state index is 8.91. The lowest BCUT2D eigenvalue weighted by atomic mass is 9.95. The molecule has 1 rings (SSSR count). The van der Waals surface area contributed by atoms with Gasteiger partial charge in [-0.05, 0) is 43.5 Å². The highest BCUT2D eigenvalue weighted by Gasteiger charge is 2.08. The summed E-state index contributed by atoms with van der Waals surface area (Å²) in [5, 5.41) is 17.8. The molecule has 0 fully saturated rings. The molecule has 0 aliphatic carbocycles. The molecule has 2 heteroatoms. The molecule has 0 unspecified atom stereocenters. The molecule has 0 aliphatic heterocycles. The van der Waals surface area contributed by atoms with Gasteiger partial charge in [-0.15, -0.1) is 0 Å². The fourth-order valence-corrected chi connectivity index (χ4v) is 1.25. The van der Waals surface area contributed by atoms with Crippen LogP contribution < -0.4 is 0 Å². The van der Waals surface area contributed by atoms with E-state index in [0.717, 1.165) is 5.56 Å². The van der Waals surface area contributed by atoms with E-state index in [9.17, 15) is 0 Å². The van der Waals surface area contributed by atoms with Crippen LogP contribution in [0.2, 0.25) is 0 Å². The molecular formula is C11H10N2. The predicted molar refractivity (Wildman–Crippen MR) is 50.1 cm³/mol. The fourth-order valence-electron chi connectivity index (χ4n) is 1.25. The van der Waals surface area contributed by atoms with Crippen molar-refractivity contribution >= 4 is 0 Å². The van der Waals surface area contributed by atoms with Crippen LogP contribution >= 0.6 is 0 Å². The molecule has 0 aromatic heterocycles. The highest BCUT2D eigenvalue weighted by molar-refractivity contribution is 5.54. The monoisotopic (exact) mass is 171 g/mol. The summed E-state index contributed by atoms with van der Waals surface area (Å²) in [4.78, 5) is 0. The zero-order chi connectivity index (χ0) is 10.9. The Bertz CT molecular complexity index is 435. The Kier molecular flexibility index (Phi) is 1.98. The molecule has 0 N–H and O–H groups in total. The van der Waals surface area contributed by atoms with Gasteiger partial charge in [0.05, 0.1) is 24.6 Å². The van der Waals surface area contributed by atoms with E-state index in [1.54, 1.807) is 20.8 Å². The van der Waals surface area contributed by atoms with Gasteiger partial charge in [-0.25, -0.2) is 0 Å². The number of nitriles is 2. The summed E-state index contributed by atoms with van der Waals surface area (Å²) >= 11 is 0. The molecule has 64 valence electrons. The first-order chi connectivity index (χ1) is 6.54. The molecule has 0 radical (unpaired) electrons. The topological polar surface area (TPSA) is 47.6 Å². The largest absolute Gasteiger partial charge is 0.192 e. The number of hydrogen-bond donors (Lipinski definition) is 0. The van der Waals surface area contributed by atoms with Crippen LogP contribution in [0.4, 0.5) is 0 Å². The van der Waals surface area contributed by atoms with Crippen molar-refractivity contribution < 1.29 is 1.37 Å². The second-order valence-electron chi connectivity index (χ2n) is 2.97. The van der Waals surface area contributed by atoms with E-state index in [-0.39, 0.29) is 6.04 Å². The molecule has 0 atom stereocenters. The SMILES string of the molecule is [2H]c1c(C)c(C)c(C#N)c(C)c1C#N. The van der Waals surface area contributed by atoms with Crippen LogP contribution in [-0.4, -0.2) is 0 Å². The molecule has 0 bridgehead atoms. The zero-order valence-corrected chi connectivity index (χ0v) is 7.89. The highest BCUT2D eigenvalue weighted by Crippen LogP contribution is 2.20. The summed E-state index contributed by atoms with van der Waals surface area (Å²) in [6.07, 6.45) is 0. The molecular weight excluding hydrogens is 160 g/mol. The van der Waals surface area contributed by atoms with Crippen LogP contribution in [-0.2, 0) is 0 Å². The van der Waals surface area contributed by atoms with Gasteiger partial charge in [0.1, 0.15) is 0 Å². The maximum Gasteiger partial charge on any atom is 0.0997 e. The minimum atomic E-state index is 0.238. The van der Waals surface area contributed by atoms with E-state index >= 15 is 0 Å². The van der Waals surface area contributed by atoms with Crippen LogP contribution in [0.5, 0.6) is 0 Å². The van der Waals surface area contributed by atoms with Crippen molar-refractivity contribution in [1.82, 2.24) is 0 Å². The summed E-state index contributed by atoms with van der Waals surface area (Å²) in [5.41, 5.74) is 2.96. The van der Waals surface area contributed by atoms with Gasteiger partial charge in [-0.3, -0.25) is 0 Å². The van der Waals surface area contributed by atoms with Gasteiger partial charge < -0.3 is 0 Å². The lowest BCUT2D eigenvalue weighted by molar-refractivity contribution is 1.24. The van der Waals surface area contributed by atoms with Gasteiger partial charge >= 0.3 is 0 Å². The van der Waals surface area contributed by atoms with Gasteiger partial charge in [-0.2, -0.15) is 10.5 Å². The maximum absolute atomic E-state index is 8.91. The Hall–Kier alpha value is -1.80.